The van der Waals surface area contributed by atoms with Gasteiger partial charge in [0.1, 0.15) is 17.3 Å². The predicted molar refractivity (Wildman–Crippen MR) is 56.9 cm³/mol. The average molecular weight is 223 g/mol. The van der Waals surface area contributed by atoms with Crippen LogP contribution in [0.4, 0.5) is 0 Å². The Morgan fingerprint density at radius 3 is 3.00 bits per heavy atom. The number of hydrogen-bond donors (Lipinski definition) is 0. The molecule has 1 aliphatic carbocycles. The highest BCUT2D eigenvalue weighted by Gasteiger charge is 2.31. The molecule has 3 rings (SSSR count). The van der Waals surface area contributed by atoms with Crippen LogP contribution in [0.3, 0.4) is 0 Å². The van der Waals surface area contributed by atoms with Crippen LogP contribution in [-0.2, 0) is 0 Å². The molecule has 0 spiro atoms. The van der Waals surface area contributed by atoms with E-state index in [2.05, 4.69) is 22.1 Å². The third kappa shape index (κ3) is 1.49. The number of fused-ring (bicyclic) bond motifs is 1. The van der Waals surface area contributed by atoms with Crippen molar-refractivity contribution in [1.82, 2.24) is 19.6 Å². The quantitative estimate of drug-likeness (QED) is 0.733. The zero-order chi connectivity index (χ0) is 10.4. The first-order chi connectivity index (χ1) is 7.25. The van der Waals surface area contributed by atoms with Gasteiger partial charge in [-0.2, -0.15) is 0 Å². The molecule has 1 unspecified atom stereocenters. The normalized spacial score (nSPS) is 18.3. The Bertz CT molecular complexity index is 503. The summed E-state index contributed by atoms with van der Waals surface area (Å²) >= 11 is 5.79. The Labute approximate surface area is 92.3 Å². The molecule has 5 heteroatoms. The third-order valence-corrected chi connectivity index (χ3v) is 3.24. The van der Waals surface area contributed by atoms with Gasteiger partial charge in [-0.25, -0.2) is 4.98 Å². The molecule has 1 atom stereocenters. The number of rotatable bonds is 2. The number of aromatic nitrogens is 4. The zero-order valence-electron chi connectivity index (χ0n) is 8.39. The molecule has 1 fully saturated rings. The summed E-state index contributed by atoms with van der Waals surface area (Å²) in [6, 6.07) is 1.73. The minimum Gasteiger partial charge on any atom is -0.269 e. The highest BCUT2D eigenvalue weighted by atomic mass is 35.5. The van der Waals surface area contributed by atoms with Gasteiger partial charge in [-0.3, -0.25) is 4.40 Å². The largest absolute Gasteiger partial charge is 0.269 e. The third-order valence-electron chi connectivity index (χ3n) is 3.03. The molecule has 0 bridgehead atoms. The van der Waals surface area contributed by atoms with Crippen LogP contribution in [0, 0.1) is 5.92 Å². The van der Waals surface area contributed by atoms with Crippen molar-refractivity contribution >= 4 is 17.2 Å². The van der Waals surface area contributed by atoms with Crippen molar-refractivity contribution in [2.45, 2.75) is 25.7 Å². The van der Waals surface area contributed by atoms with E-state index in [1.165, 1.54) is 12.8 Å². The van der Waals surface area contributed by atoms with Crippen molar-refractivity contribution in [2.75, 3.05) is 0 Å². The first-order valence-electron chi connectivity index (χ1n) is 5.12. The lowest BCUT2D eigenvalue weighted by Crippen LogP contribution is -2.02. The van der Waals surface area contributed by atoms with Crippen LogP contribution in [-0.4, -0.2) is 19.6 Å². The fourth-order valence-electron chi connectivity index (χ4n) is 1.91. The second kappa shape index (κ2) is 3.17. The molecule has 0 aliphatic heterocycles. The van der Waals surface area contributed by atoms with Gasteiger partial charge in [0.15, 0.2) is 5.65 Å². The summed E-state index contributed by atoms with van der Waals surface area (Å²) in [7, 11) is 0. The maximum atomic E-state index is 5.79. The lowest BCUT2D eigenvalue weighted by Gasteiger charge is -2.06. The average Bonchev–Trinajstić information content (AvgIpc) is 2.98. The Hall–Kier alpha value is -1.16. The second-order valence-electron chi connectivity index (χ2n) is 4.12. The summed E-state index contributed by atoms with van der Waals surface area (Å²) < 4.78 is 1.93. The molecule has 2 heterocycles. The Balaban J connectivity index is 2.10. The Morgan fingerprint density at radius 1 is 1.47 bits per heavy atom. The van der Waals surface area contributed by atoms with Crippen LogP contribution >= 0.6 is 11.6 Å². The van der Waals surface area contributed by atoms with E-state index in [9.17, 15) is 0 Å². The van der Waals surface area contributed by atoms with Gasteiger partial charge in [-0.05, 0) is 18.8 Å². The van der Waals surface area contributed by atoms with Gasteiger partial charge in [0.25, 0.3) is 0 Å². The molecule has 2 aromatic rings. The number of nitrogens with zero attached hydrogens (tertiary/aromatic N) is 4. The van der Waals surface area contributed by atoms with E-state index in [-0.39, 0.29) is 0 Å². The van der Waals surface area contributed by atoms with E-state index in [4.69, 9.17) is 11.6 Å². The molecule has 78 valence electrons. The van der Waals surface area contributed by atoms with Crippen molar-refractivity contribution in [2.24, 2.45) is 5.92 Å². The second-order valence-corrected chi connectivity index (χ2v) is 4.51. The van der Waals surface area contributed by atoms with Crippen molar-refractivity contribution in [3.8, 4) is 0 Å². The fraction of sp³-hybridized carbons (Fsp3) is 0.500. The maximum absolute atomic E-state index is 5.79. The molecule has 1 aliphatic rings. The Kier molecular flexibility index (Phi) is 1.92. The summed E-state index contributed by atoms with van der Waals surface area (Å²) in [5, 5.41) is 8.77. The van der Waals surface area contributed by atoms with Gasteiger partial charge in [-0.1, -0.05) is 18.5 Å². The smallest absolute Gasteiger partial charge is 0.165 e. The molecular formula is C10H11ClN4. The predicted octanol–water partition coefficient (Wildman–Crippen LogP) is 2.29. The molecular weight excluding hydrogens is 212 g/mol. The van der Waals surface area contributed by atoms with Crippen molar-refractivity contribution in [3.05, 3.63) is 23.4 Å². The van der Waals surface area contributed by atoms with E-state index in [0.29, 0.717) is 11.1 Å². The van der Waals surface area contributed by atoms with E-state index in [1.807, 2.05) is 4.40 Å². The van der Waals surface area contributed by atoms with Gasteiger partial charge >= 0.3 is 0 Å². The Morgan fingerprint density at radius 2 is 2.27 bits per heavy atom. The molecule has 0 saturated heterocycles. The monoisotopic (exact) mass is 222 g/mol. The van der Waals surface area contributed by atoms with E-state index in [0.717, 1.165) is 17.4 Å². The molecule has 0 aromatic carbocycles. The lowest BCUT2D eigenvalue weighted by molar-refractivity contribution is 0.612. The maximum Gasteiger partial charge on any atom is 0.165 e. The molecule has 15 heavy (non-hydrogen) atoms. The molecule has 0 N–H and O–H groups in total. The standard InChI is InChI=1S/C10H11ClN4/c1-6(7-2-3-7)10-14-13-9-4-8(11)12-5-15(9)10/h4-7H,2-3H2,1H3. The number of halogens is 1. The number of hydrogen-bond acceptors (Lipinski definition) is 3. The molecule has 1 saturated carbocycles. The highest BCUT2D eigenvalue weighted by Crippen LogP contribution is 2.41. The van der Waals surface area contributed by atoms with E-state index < -0.39 is 0 Å². The summed E-state index contributed by atoms with van der Waals surface area (Å²) in [5.74, 6) is 2.23. The van der Waals surface area contributed by atoms with Crippen LogP contribution < -0.4 is 0 Å². The SMILES string of the molecule is CC(c1nnc2cc(Cl)ncn12)C1CC1. The van der Waals surface area contributed by atoms with Gasteiger partial charge in [0.05, 0.1) is 0 Å². The first kappa shape index (κ1) is 9.09. The fourth-order valence-corrected chi connectivity index (χ4v) is 2.05. The molecule has 4 nitrogen and oxygen atoms in total. The summed E-state index contributed by atoms with van der Waals surface area (Å²) in [6.07, 6.45) is 4.31. The molecule has 0 amide bonds. The van der Waals surface area contributed by atoms with Gasteiger partial charge in [-0.15, -0.1) is 10.2 Å². The zero-order valence-corrected chi connectivity index (χ0v) is 9.15. The van der Waals surface area contributed by atoms with Crippen LogP contribution in [0.15, 0.2) is 12.4 Å². The topological polar surface area (TPSA) is 43.1 Å². The highest BCUT2D eigenvalue weighted by molar-refractivity contribution is 6.29. The summed E-state index contributed by atoms with van der Waals surface area (Å²) in [6.45, 7) is 2.20. The van der Waals surface area contributed by atoms with Crippen LogP contribution in [0.2, 0.25) is 5.15 Å². The first-order valence-corrected chi connectivity index (χ1v) is 5.49. The lowest BCUT2D eigenvalue weighted by atomic mass is 10.1. The van der Waals surface area contributed by atoms with Gasteiger partial charge < -0.3 is 0 Å². The van der Waals surface area contributed by atoms with E-state index >= 15 is 0 Å². The van der Waals surface area contributed by atoms with Crippen molar-refractivity contribution < 1.29 is 0 Å². The van der Waals surface area contributed by atoms with Crippen LogP contribution in [0.1, 0.15) is 31.5 Å². The molecule has 0 radical (unpaired) electrons. The summed E-state index contributed by atoms with van der Waals surface area (Å²) in [4.78, 5) is 4.05. The van der Waals surface area contributed by atoms with Crippen LogP contribution in [0.5, 0.6) is 0 Å². The van der Waals surface area contributed by atoms with Crippen molar-refractivity contribution in [3.63, 3.8) is 0 Å². The summed E-state index contributed by atoms with van der Waals surface area (Å²) in [5.41, 5.74) is 0.775. The van der Waals surface area contributed by atoms with Gasteiger partial charge in [0.2, 0.25) is 0 Å². The minimum absolute atomic E-state index is 0.459. The molecule has 2 aromatic heterocycles. The minimum atomic E-state index is 0.459. The van der Waals surface area contributed by atoms with E-state index in [1.54, 1.807) is 12.4 Å². The van der Waals surface area contributed by atoms with Crippen LogP contribution in [0.25, 0.3) is 5.65 Å². The van der Waals surface area contributed by atoms with Crippen molar-refractivity contribution in [1.29, 1.82) is 0 Å². The van der Waals surface area contributed by atoms with Gasteiger partial charge in [0, 0.05) is 12.0 Å².